The molecule has 4 nitrogen and oxygen atoms in total. The number of piperidine rings is 1. The molecule has 0 unspecified atom stereocenters. The Balaban J connectivity index is 1.39. The summed E-state index contributed by atoms with van der Waals surface area (Å²) in [5.41, 5.74) is 4.84. The Labute approximate surface area is 154 Å². The van der Waals surface area contributed by atoms with E-state index in [4.69, 9.17) is 0 Å². The highest BCUT2D eigenvalue weighted by molar-refractivity contribution is 5.59. The molecule has 3 heterocycles. The Morgan fingerprint density at radius 2 is 1.77 bits per heavy atom. The van der Waals surface area contributed by atoms with E-state index in [1.54, 1.807) is 0 Å². The van der Waals surface area contributed by atoms with E-state index in [9.17, 15) is 5.11 Å². The molecule has 2 aliphatic rings. The lowest BCUT2D eigenvalue weighted by molar-refractivity contribution is 0.0931. The maximum Gasteiger partial charge on any atom is 0.0992 e. The van der Waals surface area contributed by atoms with Gasteiger partial charge in [0.15, 0.2) is 0 Å². The number of hydrogen-bond acceptors (Lipinski definition) is 3. The number of hydrogen-bond donors (Lipinski definition) is 1. The fourth-order valence-electron chi connectivity index (χ4n) is 4.45. The number of imidazole rings is 1. The molecule has 5 rings (SSSR count). The molecule has 1 aromatic carbocycles. The second-order valence-electron chi connectivity index (χ2n) is 7.75. The molecule has 0 amide bonds. The fourth-order valence-corrected chi connectivity index (χ4v) is 4.45. The van der Waals surface area contributed by atoms with Crippen LogP contribution in [0, 0.1) is 5.92 Å². The van der Waals surface area contributed by atoms with E-state index in [1.807, 2.05) is 16.9 Å². The molecular weight excluding hydrogens is 322 g/mol. The number of aliphatic hydroxyl groups excluding tert-OH is 1. The summed E-state index contributed by atoms with van der Waals surface area (Å²) in [6.45, 7) is 2.01. The SMILES string of the molecule is O[C@H](c1c(C2CC2)ccn2cncc12)C1CCN(c2ccccc2)CC1. The zero-order valence-electron chi connectivity index (χ0n) is 15.0. The van der Waals surface area contributed by atoms with Crippen molar-refractivity contribution in [2.75, 3.05) is 18.0 Å². The number of aliphatic hydroxyl groups is 1. The predicted octanol–water partition coefficient (Wildman–Crippen LogP) is 4.16. The van der Waals surface area contributed by atoms with Crippen molar-refractivity contribution in [2.24, 2.45) is 5.92 Å². The minimum Gasteiger partial charge on any atom is -0.388 e. The summed E-state index contributed by atoms with van der Waals surface area (Å²) >= 11 is 0. The Hall–Kier alpha value is -2.33. The van der Waals surface area contributed by atoms with Gasteiger partial charge in [-0.1, -0.05) is 18.2 Å². The van der Waals surface area contributed by atoms with Crippen LogP contribution >= 0.6 is 0 Å². The fraction of sp³-hybridized carbons (Fsp3) is 0.409. The molecule has 2 fully saturated rings. The third-order valence-corrected chi connectivity index (χ3v) is 6.09. The molecule has 0 radical (unpaired) electrons. The van der Waals surface area contributed by atoms with Crippen LogP contribution in [-0.4, -0.2) is 27.6 Å². The molecule has 1 aliphatic carbocycles. The van der Waals surface area contributed by atoms with E-state index in [-0.39, 0.29) is 0 Å². The standard InChI is InChI=1S/C22H25N3O/c26-22(17-8-11-24(12-9-17)18-4-2-1-3-5-18)21-19(16-6-7-16)10-13-25-15-23-14-20(21)25/h1-5,10,13-17,22,26H,6-9,11-12H2/t22-/m0/s1. The molecule has 0 bridgehead atoms. The van der Waals surface area contributed by atoms with Crippen molar-refractivity contribution < 1.29 is 5.11 Å². The van der Waals surface area contributed by atoms with Crippen molar-refractivity contribution in [3.05, 3.63) is 66.2 Å². The smallest absolute Gasteiger partial charge is 0.0992 e. The third-order valence-electron chi connectivity index (χ3n) is 6.09. The van der Waals surface area contributed by atoms with Crippen LogP contribution in [0.4, 0.5) is 5.69 Å². The van der Waals surface area contributed by atoms with E-state index < -0.39 is 6.10 Å². The molecule has 1 saturated carbocycles. The molecule has 1 saturated heterocycles. The predicted molar refractivity (Wildman–Crippen MR) is 104 cm³/mol. The minimum absolute atomic E-state index is 0.313. The maximum absolute atomic E-state index is 11.3. The number of para-hydroxylation sites is 1. The van der Waals surface area contributed by atoms with E-state index in [0.717, 1.165) is 37.0 Å². The summed E-state index contributed by atoms with van der Waals surface area (Å²) < 4.78 is 2.05. The first kappa shape index (κ1) is 15.9. The van der Waals surface area contributed by atoms with Gasteiger partial charge < -0.3 is 14.4 Å². The Morgan fingerprint density at radius 1 is 1.00 bits per heavy atom. The van der Waals surface area contributed by atoms with Gasteiger partial charge in [0.25, 0.3) is 0 Å². The highest BCUT2D eigenvalue weighted by Gasteiger charge is 2.33. The number of pyridine rings is 1. The van der Waals surface area contributed by atoms with Crippen LogP contribution < -0.4 is 4.90 Å². The summed E-state index contributed by atoms with van der Waals surface area (Å²) in [5, 5.41) is 11.3. The second kappa shape index (κ2) is 6.44. The lowest BCUT2D eigenvalue weighted by Crippen LogP contribution is -2.35. The van der Waals surface area contributed by atoms with Gasteiger partial charge in [-0.15, -0.1) is 0 Å². The number of benzene rings is 1. The highest BCUT2D eigenvalue weighted by Crippen LogP contribution is 2.46. The Morgan fingerprint density at radius 3 is 2.50 bits per heavy atom. The Bertz CT molecular complexity index is 892. The average Bonchev–Trinajstić information content (AvgIpc) is 3.44. The van der Waals surface area contributed by atoms with Crippen molar-refractivity contribution in [3.63, 3.8) is 0 Å². The van der Waals surface area contributed by atoms with Gasteiger partial charge in [0.05, 0.1) is 24.1 Å². The lowest BCUT2D eigenvalue weighted by Gasteiger charge is -2.36. The second-order valence-corrected chi connectivity index (χ2v) is 7.75. The van der Waals surface area contributed by atoms with E-state index in [0.29, 0.717) is 11.8 Å². The number of rotatable bonds is 4. The molecule has 1 atom stereocenters. The van der Waals surface area contributed by atoms with Crippen LogP contribution in [0.3, 0.4) is 0 Å². The first-order valence-electron chi connectivity index (χ1n) is 9.74. The lowest BCUT2D eigenvalue weighted by atomic mass is 9.84. The van der Waals surface area contributed by atoms with Gasteiger partial charge in [0.1, 0.15) is 0 Å². The quantitative estimate of drug-likeness (QED) is 0.770. The van der Waals surface area contributed by atoms with Crippen molar-refractivity contribution >= 4 is 11.2 Å². The van der Waals surface area contributed by atoms with Gasteiger partial charge in [-0.2, -0.15) is 0 Å². The van der Waals surface area contributed by atoms with Gasteiger partial charge in [-0.05, 0) is 61.3 Å². The summed E-state index contributed by atoms with van der Waals surface area (Å²) in [5.74, 6) is 0.942. The first-order valence-corrected chi connectivity index (χ1v) is 9.74. The van der Waals surface area contributed by atoms with E-state index in [1.165, 1.54) is 24.1 Å². The van der Waals surface area contributed by atoms with E-state index in [2.05, 4.69) is 52.5 Å². The van der Waals surface area contributed by atoms with Crippen LogP contribution in [0.2, 0.25) is 0 Å². The molecule has 0 spiro atoms. The van der Waals surface area contributed by atoms with Crippen molar-refractivity contribution in [2.45, 2.75) is 37.7 Å². The van der Waals surface area contributed by atoms with Crippen molar-refractivity contribution in [1.29, 1.82) is 0 Å². The van der Waals surface area contributed by atoms with Gasteiger partial charge >= 0.3 is 0 Å². The molecule has 2 aromatic heterocycles. The molecule has 1 N–H and O–H groups in total. The van der Waals surface area contributed by atoms with Crippen LogP contribution in [0.5, 0.6) is 0 Å². The zero-order chi connectivity index (χ0) is 17.5. The summed E-state index contributed by atoms with van der Waals surface area (Å²) in [7, 11) is 0. The van der Waals surface area contributed by atoms with Crippen LogP contribution in [0.25, 0.3) is 5.52 Å². The van der Waals surface area contributed by atoms with Gasteiger partial charge in [-0.25, -0.2) is 4.98 Å². The van der Waals surface area contributed by atoms with Gasteiger partial charge in [-0.3, -0.25) is 0 Å². The van der Waals surface area contributed by atoms with Crippen molar-refractivity contribution in [3.8, 4) is 0 Å². The topological polar surface area (TPSA) is 40.8 Å². The molecule has 134 valence electrons. The number of fused-ring (bicyclic) bond motifs is 1. The molecule has 4 heteroatoms. The summed E-state index contributed by atoms with van der Waals surface area (Å²) in [6, 6.07) is 12.8. The third kappa shape index (κ3) is 2.78. The van der Waals surface area contributed by atoms with E-state index >= 15 is 0 Å². The normalized spacial score (nSPS) is 19.8. The summed E-state index contributed by atoms with van der Waals surface area (Å²) in [4.78, 5) is 6.74. The minimum atomic E-state index is -0.399. The number of anilines is 1. The van der Waals surface area contributed by atoms with Crippen LogP contribution in [0.15, 0.2) is 55.1 Å². The average molecular weight is 347 g/mol. The molecular formula is C22H25N3O. The van der Waals surface area contributed by atoms with Crippen molar-refractivity contribution in [1.82, 2.24) is 9.38 Å². The Kier molecular flexibility index (Phi) is 3.93. The maximum atomic E-state index is 11.3. The van der Waals surface area contributed by atoms with Crippen LogP contribution in [0.1, 0.15) is 48.8 Å². The molecule has 3 aromatic rings. The van der Waals surface area contributed by atoms with Gasteiger partial charge in [0, 0.05) is 30.5 Å². The zero-order valence-corrected chi connectivity index (χ0v) is 15.0. The summed E-state index contributed by atoms with van der Waals surface area (Å²) in [6.07, 6.45) is 9.97. The number of aromatic nitrogens is 2. The first-order chi connectivity index (χ1) is 12.8. The number of nitrogens with zero attached hydrogens (tertiary/aromatic N) is 3. The molecule has 26 heavy (non-hydrogen) atoms. The highest BCUT2D eigenvalue weighted by atomic mass is 16.3. The van der Waals surface area contributed by atoms with Gasteiger partial charge in [0.2, 0.25) is 0 Å². The monoisotopic (exact) mass is 347 g/mol. The largest absolute Gasteiger partial charge is 0.388 e. The van der Waals surface area contributed by atoms with Crippen LogP contribution in [-0.2, 0) is 0 Å². The molecule has 1 aliphatic heterocycles.